The molecule has 0 aliphatic carbocycles. The third-order valence-electron chi connectivity index (χ3n) is 4.62. The summed E-state index contributed by atoms with van der Waals surface area (Å²) < 4.78 is 12.9. The van der Waals surface area contributed by atoms with E-state index in [9.17, 15) is 4.79 Å². The van der Waals surface area contributed by atoms with Crippen LogP contribution in [0.2, 0.25) is 0 Å². The molecule has 3 rings (SSSR count). The van der Waals surface area contributed by atoms with Crippen LogP contribution in [0.5, 0.6) is 11.5 Å². The molecule has 31 heavy (non-hydrogen) atoms. The second-order valence-electron chi connectivity index (χ2n) is 7.61. The molecule has 0 saturated carbocycles. The normalized spacial score (nSPS) is 12.2. The minimum Gasteiger partial charge on any atom is -0.493 e. The van der Waals surface area contributed by atoms with Gasteiger partial charge in [0.2, 0.25) is 5.91 Å². The first-order chi connectivity index (χ1) is 15.0. The summed E-state index contributed by atoms with van der Waals surface area (Å²) in [5.41, 5.74) is 2.77. The first kappa shape index (κ1) is 22.1. The van der Waals surface area contributed by atoms with Crippen molar-refractivity contribution in [3.05, 3.63) is 72.3 Å². The summed E-state index contributed by atoms with van der Waals surface area (Å²) >= 11 is 0. The lowest BCUT2D eigenvalue weighted by molar-refractivity contribution is -0.117. The Kier molecular flexibility index (Phi) is 7.43. The van der Waals surface area contributed by atoms with Crippen molar-refractivity contribution >= 4 is 12.0 Å². The Morgan fingerprint density at radius 3 is 2.55 bits per heavy atom. The topological polar surface area (TPSA) is 78.3 Å². The lowest BCUT2D eigenvalue weighted by Gasteiger charge is -2.14. The molecule has 1 unspecified atom stereocenters. The molecule has 0 aliphatic rings. The van der Waals surface area contributed by atoms with E-state index in [1.165, 1.54) is 12.4 Å². The van der Waals surface area contributed by atoms with E-state index in [4.69, 9.17) is 9.47 Å². The number of aromatic nitrogens is 3. The van der Waals surface area contributed by atoms with Gasteiger partial charge in [-0.1, -0.05) is 32.0 Å². The molecule has 0 saturated heterocycles. The highest BCUT2D eigenvalue weighted by Gasteiger charge is 2.09. The van der Waals surface area contributed by atoms with Crippen LogP contribution in [0, 0.1) is 5.92 Å². The van der Waals surface area contributed by atoms with Crippen molar-refractivity contribution in [2.45, 2.75) is 26.8 Å². The van der Waals surface area contributed by atoms with Gasteiger partial charge in [-0.05, 0) is 54.3 Å². The average Bonchev–Trinajstić information content (AvgIpc) is 3.31. The van der Waals surface area contributed by atoms with Crippen LogP contribution in [0.3, 0.4) is 0 Å². The van der Waals surface area contributed by atoms with Gasteiger partial charge in [0, 0.05) is 6.08 Å². The Labute approximate surface area is 182 Å². The van der Waals surface area contributed by atoms with Crippen LogP contribution in [-0.2, 0) is 4.79 Å². The number of hydrogen-bond acceptors (Lipinski definition) is 5. The Morgan fingerprint density at radius 1 is 1.13 bits per heavy atom. The van der Waals surface area contributed by atoms with E-state index in [2.05, 4.69) is 29.2 Å². The van der Waals surface area contributed by atoms with Crippen molar-refractivity contribution < 1.29 is 14.3 Å². The fourth-order valence-corrected chi connectivity index (χ4v) is 2.94. The van der Waals surface area contributed by atoms with E-state index < -0.39 is 0 Å². The molecular formula is C24H28N4O3. The summed E-state index contributed by atoms with van der Waals surface area (Å²) in [6, 6.07) is 13.3. The van der Waals surface area contributed by atoms with Crippen molar-refractivity contribution in [1.29, 1.82) is 0 Å². The summed E-state index contributed by atoms with van der Waals surface area (Å²) in [5.74, 6) is 1.59. The number of ether oxygens (including phenoxy) is 2. The number of nitrogens with one attached hydrogen (secondary N) is 1. The number of nitrogens with zero attached hydrogens (tertiary/aromatic N) is 3. The summed E-state index contributed by atoms with van der Waals surface area (Å²) in [6.07, 6.45) is 6.40. The van der Waals surface area contributed by atoms with Gasteiger partial charge < -0.3 is 14.8 Å². The first-order valence-corrected chi connectivity index (χ1v) is 10.2. The largest absolute Gasteiger partial charge is 0.493 e. The number of amides is 1. The molecule has 0 fully saturated rings. The van der Waals surface area contributed by atoms with Gasteiger partial charge in [0.1, 0.15) is 12.7 Å². The van der Waals surface area contributed by atoms with E-state index >= 15 is 0 Å². The highest BCUT2D eigenvalue weighted by molar-refractivity contribution is 5.92. The van der Waals surface area contributed by atoms with Gasteiger partial charge in [0.05, 0.1) is 25.4 Å². The summed E-state index contributed by atoms with van der Waals surface area (Å²) in [4.78, 5) is 16.3. The zero-order valence-corrected chi connectivity index (χ0v) is 18.3. The van der Waals surface area contributed by atoms with Gasteiger partial charge in [-0.3, -0.25) is 4.79 Å². The van der Waals surface area contributed by atoms with Gasteiger partial charge >= 0.3 is 0 Å². The number of rotatable bonds is 9. The quantitative estimate of drug-likeness (QED) is 0.525. The molecular weight excluding hydrogens is 392 g/mol. The highest BCUT2D eigenvalue weighted by Crippen LogP contribution is 2.29. The van der Waals surface area contributed by atoms with Crippen LogP contribution in [0.15, 0.2) is 61.2 Å². The van der Waals surface area contributed by atoms with Crippen molar-refractivity contribution in [2.75, 3.05) is 13.7 Å². The molecule has 1 aromatic heterocycles. The van der Waals surface area contributed by atoms with E-state index in [0.717, 1.165) is 16.8 Å². The Bertz CT molecular complexity index is 1010. The lowest BCUT2D eigenvalue weighted by atomic mass is 10.1. The fourth-order valence-electron chi connectivity index (χ4n) is 2.94. The second kappa shape index (κ2) is 10.4. The molecule has 0 spiro atoms. The monoisotopic (exact) mass is 420 g/mol. The minimum atomic E-state index is -0.174. The van der Waals surface area contributed by atoms with Crippen molar-refractivity contribution in [1.82, 2.24) is 20.1 Å². The zero-order chi connectivity index (χ0) is 22.2. The van der Waals surface area contributed by atoms with Gasteiger partial charge in [0.15, 0.2) is 11.5 Å². The molecule has 1 N–H and O–H groups in total. The first-order valence-electron chi connectivity index (χ1n) is 10.2. The predicted molar refractivity (Wildman–Crippen MR) is 120 cm³/mol. The number of hydrogen-bond donors (Lipinski definition) is 1. The summed E-state index contributed by atoms with van der Waals surface area (Å²) in [5, 5.41) is 7.08. The van der Waals surface area contributed by atoms with Gasteiger partial charge in [0.25, 0.3) is 0 Å². The molecule has 0 bridgehead atoms. The molecule has 1 atom stereocenters. The lowest BCUT2D eigenvalue weighted by Crippen LogP contribution is -2.24. The van der Waals surface area contributed by atoms with Crippen LogP contribution < -0.4 is 14.8 Å². The van der Waals surface area contributed by atoms with E-state index in [1.807, 2.05) is 49.4 Å². The zero-order valence-electron chi connectivity index (χ0n) is 18.3. The molecule has 7 nitrogen and oxygen atoms in total. The number of carbonyl (C=O) groups is 1. The van der Waals surface area contributed by atoms with E-state index in [1.54, 1.807) is 24.2 Å². The SMILES string of the molecule is COc1cc(C=CC(=O)NC(C)c2ccc(-n3cncn3)cc2)ccc1OCC(C)C. The predicted octanol–water partition coefficient (Wildman–Crippen LogP) is 4.20. The van der Waals surface area contributed by atoms with Crippen LogP contribution in [-0.4, -0.2) is 34.4 Å². The van der Waals surface area contributed by atoms with E-state index in [0.29, 0.717) is 24.0 Å². The highest BCUT2D eigenvalue weighted by atomic mass is 16.5. The second-order valence-corrected chi connectivity index (χ2v) is 7.61. The number of carbonyl (C=O) groups excluding carboxylic acids is 1. The van der Waals surface area contributed by atoms with Gasteiger partial charge in [-0.15, -0.1) is 0 Å². The maximum atomic E-state index is 12.4. The van der Waals surface area contributed by atoms with Crippen molar-refractivity contribution in [3.63, 3.8) is 0 Å². The molecule has 2 aromatic carbocycles. The maximum Gasteiger partial charge on any atom is 0.244 e. The minimum absolute atomic E-state index is 0.136. The van der Waals surface area contributed by atoms with E-state index in [-0.39, 0.29) is 11.9 Å². The molecule has 1 heterocycles. The Balaban J connectivity index is 1.59. The van der Waals surface area contributed by atoms with Crippen LogP contribution in [0.25, 0.3) is 11.8 Å². The molecule has 3 aromatic rings. The van der Waals surface area contributed by atoms with Crippen molar-refractivity contribution in [2.24, 2.45) is 5.92 Å². The van der Waals surface area contributed by atoms with Crippen LogP contribution in [0.1, 0.15) is 37.9 Å². The summed E-state index contributed by atoms with van der Waals surface area (Å²) in [6.45, 7) is 6.74. The van der Waals surface area contributed by atoms with Crippen molar-refractivity contribution in [3.8, 4) is 17.2 Å². The third-order valence-corrected chi connectivity index (χ3v) is 4.62. The Morgan fingerprint density at radius 2 is 1.90 bits per heavy atom. The van der Waals surface area contributed by atoms with Crippen LogP contribution >= 0.6 is 0 Å². The third kappa shape index (κ3) is 6.18. The van der Waals surface area contributed by atoms with Crippen LogP contribution in [0.4, 0.5) is 0 Å². The molecule has 162 valence electrons. The van der Waals surface area contributed by atoms with Gasteiger partial charge in [-0.2, -0.15) is 5.10 Å². The maximum absolute atomic E-state index is 12.4. The number of benzene rings is 2. The smallest absolute Gasteiger partial charge is 0.244 e. The molecule has 0 radical (unpaired) electrons. The summed E-state index contributed by atoms with van der Waals surface area (Å²) in [7, 11) is 1.60. The standard InChI is InChI=1S/C24H28N4O3/c1-17(2)14-31-22-11-5-19(13-23(22)30-4)6-12-24(29)27-18(3)20-7-9-21(10-8-20)28-16-25-15-26-28/h5-13,15-18H,14H2,1-4H3,(H,27,29). The Hall–Kier alpha value is -3.61. The molecule has 7 heteroatoms. The average molecular weight is 421 g/mol. The molecule has 0 aliphatic heterocycles. The van der Waals surface area contributed by atoms with Gasteiger partial charge in [-0.25, -0.2) is 9.67 Å². The molecule has 1 amide bonds. The fraction of sp³-hybridized carbons (Fsp3) is 0.292. The number of methoxy groups -OCH3 is 1.